The van der Waals surface area contributed by atoms with Gasteiger partial charge < -0.3 is 19.5 Å². The van der Waals surface area contributed by atoms with Gasteiger partial charge in [-0.2, -0.15) is 0 Å². The summed E-state index contributed by atoms with van der Waals surface area (Å²) in [6.07, 6.45) is 0.0412. The van der Waals surface area contributed by atoms with Crippen LogP contribution < -0.4 is 19.5 Å². The molecule has 0 radical (unpaired) electrons. The van der Waals surface area contributed by atoms with Crippen molar-refractivity contribution in [3.05, 3.63) is 53.6 Å². The predicted octanol–water partition coefficient (Wildman–Crippen LogP) is 3.66. The quantitative estimate of drug-likeness (QED) is 0.696. The van der Waals surface area contributed by atoms with Gasteiger partial charge in [-0.25, -0.2) is 0 Å². The summed E-state index contributed by atoms with van der Waals surface area (Å²) in [5.74, 6) is 2.09. The van der Waals surface area contributed by atoms with Crippen molar-refractivity contribution >= 4 is 5.91 Å². The summed E-state index contributed by atoms with van der Waals surface area (Å²) in [4.78, 5) is 12.3. The van der Waals surface area contributed by atoms with Gasteiger partial charge in [-0.3, -0.25) is 4.79 Å². The smallest absolute Gasteiger partial charge is 0.261 e. The topological polar surface area (TPSA) is 56.8 Å². The van der Waals surface area contributed by atoms with Crippen molar-refractivity contribution in [2.24, 2.45) is 0 Å². The zero-order valence-electron chi connectivity index (χ0n) is 15.9. The lowest BCUT2D eigenvalue weighted by atomic mass is 10.1. The second-order valence-electron chi connectivity index (χ2n) is 6.03. The van der Waals surface area contributed by atoms with E-state index >= 15 is 0 Å². The van der Waals surface area contributed by atoms with Crippen LogP contribution in [-0.2, 0) is 4.79 Å². The first-order valence-corrected chi connectivity index (χ1v) is 8.82. The van der Waals surface area contributed by atoms with E-state index in [9.17, 15) is 4.79 Å². The zero-order valence-corrected chi connectivity index (χ0v) is 15.9. The maximum absolute atomic E-state index is 12.3. The molecule has 0 fully saturated rings. The van der Waals surface area contributed by atoms with Gasteiger partial charge in [0.2, 0.25) is 0 Å². The Balaban J connectivity index is 1.80. The zero-order chi connectivity index (χ0) is 18.9. The molecule has 1 amide bonds. The molecule has 140 valence electrons. The average molecular weight is 357 g/mol. The van der Waals surface area contributed by atoms with E-state index in [1.807, 2.05) is 39.0 Å². The number of hydrogen-bond acceptors (Lipinski definition) is 4. The highest BCUT2D eigenvalue weighted by atomic mass is 16.5. The number of nitrogens with one attached hydrogen (secondary N) is 1. The Morgan fingerprint density at radius 2 is 1.77 bits per heavy atom. The summed E-state index contributed by atoms with van der Waals surface area (Å²) in [6, 6.07) is 13.1. The number of rotatable bonds is 9. The second kappa shape index (κ2) is 9.70. The number of aryl methyl sites for hydroxylation is 1. The molecule has 0 aliphatic heterocycles. The molecule has 2 rings (SSSR count). The van der Waals surface area contributed by atoms with Crippen LogP contribution in [0, 0.1) is 13.8 Å². The lowest BCUT2D eigenvalue weighted by molar-refractivity contribution is -0.128. The molecule has 0 saturated heterocycles. The van der Waals surface area contributed by atoms with Gasteiger partial charge in [0, 0.05) is 0 Å². The Hall–Kier alpha value is -2.69. The highest BCUT2D eigenvalue weighted by molar-refractivity contribution is 5.81. The van der Waals surface area contributed by atoms with Crippen LogP contribution in [0.25, 0.3) is 0 Å². The van der Waals surface area contributed by atoms with Gasteiger partial charge in [0.15, 0.2) is 6.10 Å². The molecular weight excluding hydrogens is 330 g/mol. The number of methoxy groups -OCH3 is 1. The number of carbonyl (C=O) groups excluding carboxylic acids is 1. The van der Waals surface area contributed by atoms with Gasteiger partial charge >= 0.3 is 0 Å². The van der Waals surface area contributed by atoms with Crippen LogP contribution in [0.1, 0.15) is 24.5 Å². The Morgan fingerprint density at radius 1 is 1.08 bits per heavy atom. The van der Waals surface area contributed by atoms with Gasteiger partial charge in [0.25, 0.3) is 5.91 Å². The highest BCUT2D eigenvalue weighted by Crippen LogP contribution is 2.20. The Morgan fingerprint density at radius 3 is 2.42 bits per heavy atom. The molecule has 2 aromatic carbocycles. The largest absolute Gasteiger partial charge is 0.497 e. The number of ether oxygens (including phenoxy) is 3. The lowest BCUT2D eigenvalue weighted by Crippen LogP contribution is -2.39. The summed E-state index contributed by atoms with van der Waals surface area (Å²) in [7, 11) is 1.61. The first-order valence-electron chi connectivity index (χ1n) is 8.82. The molecule has 0 aliphatic rings. The van der Waals surface area contributed by atoms with Gasteiger partial charge in [0.05, 0.1) is 13.7 Å². The van der Waals surface area contributed by atoms with E-state index in [2.05, 4.69) is 5.32 Å². The van der Waals surface area contributed by atoms with E-state index in [0.717, 1.165) is 17.1 Å². The Labute approximate surface area is 155 Å². The van der Waals surface area contributed by atoms with Crippen molar-refractivity contribution in [1.82, 2.24) is 5.32 Å². The maximum Gasteiger partial charge on any atom is 0.261 e. The molecule has 2 aromatic rings. The first kappa shape index (κ1) is 19.6. The molecule has 5 heteroatoms. The van der Waals surface area contributed by atoms with Crippen LogP contribution in [0.3, 0.4) is 0 Å². The fraction of sp³-hybridized carbons (Fsp3) is 0.381. The summed E-state index contributed by atoms with van der Waals surface area (Å²) >= 11 is 0. The minimum Gasteiger partial charge on any atom is -0.497 e. The minimum atomic E-state index is -0.538. The summed E-state index contributed by atoms with van der Waals surface area (Å²) < 4.78 is 16.6. The van der Waals surface area contributed by atoms with E-state index in [1.165, 1.54) is 5.56 Å². The van der Waals surface area contributed by atoms with Gasteiger partial charge in [-0.15, -0.1) is 0 Å². The monoisotopic (exact) mass is 357 g/mol. The number of carbonyl (C=O) groups is 1. The number of amides is 1. The van der Waals surface area contributed by atoms with E-state index in [-0.39, 0.29) is 5.91 Å². The van der Waals surface area contributed by atoms with Gasteiger partial charge in [-0.05, 0) is 61.7 Å². The molecule has 0 saturated carbocycles. The van der Waals surface area contributed by atoms with E-state index < -0.39 is 6.10 Å². The number of benzene rings is 2. The summed E-state index contributed by atoms with van der Waals surface area (Å²) in [5.41, 5.74) is 2.30. The van der Waals surface area contributed by atoms with Crippen molar-refractivity contribution in [2.45, 2.75) is 33.3 Å². The van der Waals surface area contributed by atoms with Crippen molar-refractivity contribution < 1.29 is 19.0 Å². The summed E-state index contributed by atoms with van der Waals surface area (Å²) in [6.45, 7) is 6.83. The molecule has 0 heterocycles. The fourth-order valence-corrected chi connectivity index (χ4v) is 2.47. The highest BCUT2D eigenvalue weighted by Gasteiger charge is 2.18. The van der Waals surface area contributed by atoms with Crippen LogP contribution in [0.2, 0.25) is 0 Å². The van der Waals surface area contributed by atoms with E-state index in [0.29, 0.717) is 25.3 Å². The SMILES string of the molecule is CC[C@H](Oc1ccc(OC)cc1)C(=O)NCCOc1cccc(C)c1C. The first-order chi connectivity index (χ1) is 12.5. The summed E-state index contributed by atoms with van der Waals surface area (Å²) in [5, 5.41) is 2.87. The van der Waals surface area contributed by atoms with Crippen LogP contribution in [0.4, 0.5) is 0 Å². The second-order valence-corrected chi connectivity index (χ2v) is 6.03. The van der Waals surface area contributed by atoms with E-state index in [1.54, 1.807) is 31.4 Å². The Bertz CT molecular complexity index is 712. The fourth-order valence-electron chi connectivity index (χ4n) is 2.47. The third-order valence-corrected chi connectivity index (χ3v) is 4.21. The minimum absolute atomic E-state index is 0.145. The van der Waals surface area contributed by atoms with Crippen molar-refractivity contribution in [2.75, 3.05) is 20.3 Å². The molecule has 0 aliphatic carbocycles. The molecule has 0 bridgehead atoms. The van der Waals surface area contributed by atoms with E-state index in [4.69, 9.17) is 14.2 Å². The third-order valence-electron chi connectivity index (χ3n) is 4.21. The third kappa shape index (κ3) is 5.41. The van der Waals surface area contributed by atoms with Crippen LogP contribution in [0.15, 0.2) is 42.5 Å². The average Bonchev–Trinajstić information content (AvgIpc) is 2.66. The van der Waals surface area contributed by atoms with Crippen LogP contribution in [-0.4, -0.2) is 32.3 Å². The normalized spacial score (nSPS) is 11.5. The molecule has 26 heavy (non-hydrogen) atoms. The molecule has 1 atom stereocenters. The molecule has 1 N–H and O–H groups in total. The Kier molecular flexibility index (Phi) is 7.33. The number of hydrogen-bond donors (Lipinski definition) is 1. The molecule has 0 aromatic heterocycles. The van der Waals surface area contributed by atoms with Crippen molar-refractivity contribution in [1.29, 1.82) is 0 Å². The molecule has 5 nitrogen and oxygen atoms in total. The maximum atomic E-state index is 12.3. The standard InChI is InChI=1S/C21H27NO4/c1-5-19(26-18-11-9-17(24-4)10-12-18)21(23)22-13-14-25-20-8-6-7-15(2)16(20)3/h6-12,19H,5,13-14H2,1-4H3,(H,22,23)/t19-/m0/s1. The molecular formula is C21H27NO4. The molecule has 0 unspecified atom stereocenters. The predicted molar refractivity (Wildman–Crippen MR) is 102 cm³/mol. The van der Waals surface area contributed by atoms with Gasteiger partial charge in [0.1, 0.15) is 23.9 Å². The van der Waals surface area contributed by atoms with Crippen LogP contribution in [0.5, 0.6) is 17.2 Å². The van der Waals surface area contributed by atoms with Crippen LogP contribution >= 0.6 is 0 Å². The van der Waals surface area contributed by atoms with Gasteiger partial charge in [-0.1, -0.05) is 19.1 Å². The van der Waals surface area contributed by atoms with Crippen molar-refractivity contribution in [3.63, 3.8) is 0 Å². The van der Waals surface area contributed by atoms with Crippen molar-refractivity contribution in [3.8, 4) is 17.2 Å². The molecule has 0 spiro atoms. The lowest BCUT2D eigenvalue weighted by Gasteiger charge is -2.18.